The van der Waals surface area contributed by atoms with Crippen molar-refractivity contribution in [2.24, 2.45) is 11.3 Å². The summed E-state index contributed by atoms with van der Waals surface area (Å²) in [6, 6.07) is 0.807. The highest BCUT2D eigenvalue weighted by Crippen LogP contribution is 2.39. The zero-order valence-electron chi connectivity index (χ0n) is 11.8. The van der Waals surface area contributed by atoms with Crippen molar-refractivity contribution in [3.63, 3.8) is 0 Å². The van der Waals surface area contributed by atoms with Crippen molar-refractivity contribution >= 4 is 0 Å². The van der Waals surface area contributed by atoms with Crippen LogP contribution in [0, 0.1) is 11.3 Å². The number of likely N-dealkylation sites (tertiary alicyclic amines) is 1. The van der Waals surface area contributed by atoms with Crippen molar-refractivity contribution in [1.29, 1.82) is 0 Å². The van der Waals surface area contributed by atoms with E-state index in [-0.39, 0.29) is 6.10 Å². The highest BCUT2D eigenvalue weighted by Gasteiger charge is 2.32. The maximum absolute atomic E-state index is 9.55. The molecule has 1 saturated carbocycles. The number of aliphatic hydroxyl groups is 1. The number of piperidine rings is 1. The lowest BCUT2D eigenvalue weighted by atomic mass is 9.71. The molecule has 1 aliphatic carbocycles. The molecule has 0 aromatic rings. The van der Waals surface area contributed by atoms with E-state index in [1.807, 2.05) is 0 Å². The fourth-order valence-electron chi connectivity index (χ4n) is 3.56. The van der Waals surface area contributed by atoms with Gasteiger partial charge < -0.3 is 10.0 Å². The van der Waals surface area contributed by atoms with E-state index in [0.29, 0.717) is 5.41 Å². The largest absolute Gasteiger partial charge is 0.393 e. The fraction of sp³-hybridized carbons (Fsp3) is 1.00. The molecule has 2 heteroatoms. The molecule has 1 N–H and O–H groups in total. The van der Waals surface area contributed by atoms with E-state index in [4.69, 9.17) is 0 Å². The molecule has 100 valence electrons. The molecule has 0 radical (unpaired) electrons. The van der Waals surface area contributed by atoms with Crippen LogP contribution in [0.3, 0.4) is 0 Å². The molecular weight excluding hydrogens is 210 g/mol. The average Bonchev–Trinajstić information content (AvgIpc) is 2.29. The summed E-state index contributed by atoms with van der Waals surface area (Å²) in [7, 11) is 0. The maximum Gasteiger partial charge on any atom is 0.0564 e. The van der Waals surface area contributed by atoms with Gasteiger partial charge >= 0.3 is 0 Å². The lowest BCUT2D eigenvalue weighted by molar-refractivity contribution is 0.0358. The van der Waals surface area contributed by atoms with Crippen LogP contribution in [-0.2, 0) is 0 Å². The monoisotopic (exact) mass is 239 g/mol. The SMILES string of the molecule is CC(C)(C)C1CCC(N2CCC(O)CC2)CC1. The van der Waals surface area contributed by atoms with Crippen LogP contribution in [0.2, 0.25) is 0 Å². The molecule has 0 aromatic carbocycles. The third-order valence-electron chi connectivity index (χ3n) is 4.94. The molecule has 1 heterocycles. The lowest BCUT2D eigenvalue weighted by Crippen LogP contribution is -2.45. The summed E-state index contributed by atoms with van der Waals surface area (Å²) in [4.78, 5) is 2.63. The van der Waals surface area contributed by atoms with E-state index in [1.54, 1.807) is 0 Å². The van der Waals surface area contributed by atoms with Crippen LogP contribution in [0.25, 0.3) is 0 Å². The first kappa shape index (κ1) is 13.4. The van der Waals surface area contributed by atoms with Crippen molar-refractivity contribution in [2.45, 2.75) is 71.4 Å². The van der Waals surface area contributed by atoms with Crippen molar-refractivity contribution < 1.29 is 5.11 Å². The molecule has 2 aliphatic rings. The summed E-state index contributed by atoms with van der Waals surface area (Å²) >= 11 is 0. The fourth-order valence-corrected chi connectivity index (χ4v) is 3.56. The van der Waals surface area contributed by atoms with E-state index in [2.05, 4.69) is 25.7 Å². The van der Waals surface area contributed by atoms with Crippen LogP contribution in [-0.4, -0.2) is 35.2 Å². The third-order valence-corrected chi connectivity index (χ3v) is 4.94. The predicted octanol–water partition coefficient (Wildman–Crippen LogP) is 3.05. The van der Waals surface area contributed by atoms with Gasteiger partial charge in [-0.05, 0) is 49.9 Å². The highest BCUT2D eigenvalue weighted by molar-refractivity contribution is 4.86. The van der Waals surface area contributed by atoms with E-state index in [9.17, 15) is 5.11 Å². The number of hydrogen-bond acceptors (Lipinski definition) is 2. The summed E-state index contributed by atoms with van der Waals surface area (Å²) < 4.78 is 0. The molecule has 17 heavy (non-hydrogen) atoms. The van der Waals surface area contributed by atoms with Crippen molar-refractivity contribution in [3.05, 3.63) is 0 Å². The van der Waals surface area contributed by atoms with Gasteiger partial charge in [0.2, 0.25) is 0 Å². The van der Waals surface area contributed by atoms with E-state index < -0.39 is 0 Å². The Labute approximate surface area is 106 Å². The first-order valence-electron chi connectivity index (χ1n) is 7.39. The van der Waals surface area contributed by atoms with Gasteiger partial charge in [0.1, 0.15) is 0 Å². The number of rotatable bonds is 1. The van der Waals surface area contributed by atoms with Gasteiger partial charge in [-0.3, -0.25) is 0 Å². The Kier molecular flexibility index (Phi) is 4.14. The molecule has 0 spiro atoms. The molecule has 0 atom stereocenters. The van der Waals surface area contributed by atoms with Gasteiger partial charge in [0.25, 0.3) is 0 Å². The molecule has 0 aromatic heterocycles. The molecule has 1 saturated heterocycles. The molecule has 2 rings (SSSR count). The van der Waals surface area contributed by atoms with Gasteiger partial charge in [0, 0.05) is 19.1 Å². The molecule has 1 aliphatic heterocycles. The van der Waals surface area contributed by atoms with E-state index in [1.165, 1.54) is 25.7 Å². The second-order valence-electron chi connectivity index (χ2n) is 7.14. The summed E-state index contributed by atoms with van der Waals surface area (Å²) in [5, 5.41) is 9.55. The topological polar surface area (TPSA) is 23.5 Å². The minimum Gasteiger partial charge on any atom is -0.393 e. The summed E-state index contributed by atoms with van der Waals surface area (Å²) in [6.45, 7) is 9.39. The number of nitrogens with zero attached hydrogens (tertiary/aromatic N) is 1. The van der Waals surface area contributed by atoms with Gasteiger partial charge in [-0.25, -0.2) is 0 Å². The Balaban J connectivity index is 1.79. The van der Waals surface area contributed by atoms with Crippen molar-refractivity contribution in [2.75, 3.05) is 13.1 Å². The zero-order valence-corrected chi connectivity index (χ0v) is 11.8. The van der Waals surface area contributed by atoms with Crippen LogP contribution < -0.4 is 0 Å². The van der Waals surface area contributed by atoms with Gasteiger partial charge in [-0.1, -0.05) is 20.8 Å². The average molecular weight is 239 g/mol. The Morgan fingerprint density at radius 1 is 0.882 bits per heavy atom. The zero-order chi connectivity index (χ0) is 12.5. The molecule has 0 amide bonds. The van der Waals surface area contributed by atoms with Gasteiger partial charge in [0.15, 0.2) is 0 Å². The minimum absolute atomic E-state index is 0.0304. The maximum atomic E-state index is 9.55. The lowest BCUT2D eigenvalue weighted by Gasteiger charge is -2.43. The molecule has 0 bridgehead atoms. The standard InChI is InChI=1S/C15H29NO/c1-15(2,3)12-4-6-13(7-5-12)16-10-8-14(17)9-11-16/h12-14,17H,4-11H2,1-3H3. The van der Waals surface area contributed by atoms with Crippen LogP contribution in [0.5, 0.6) is 0 Å². The van der Waals surface area contributed by atoms with Crippen LogP contribution in [0.15, 0.2) is 0 Å². The predicted molar refractivity (Wildman–Crippen MR) is 72.0 cm³/mol. The summed E-state index contributed by atoms with van der Waals surface area (Å²) in [6.07, 6.45) is 7.48. The Bertz CT molecular complexity index is 230. The third kappa shape index (κ3) is 3.45. The Morgan fingerprint density at radius 2 is 1.41 bits per heavy atom. The van der Waals surface area contributed by atoms with Crippen molar-refractivity contribution in [3.8, 4) is 0 Å². The summed E-state index contributed by atoms with van der Waals surface area (Å²) in [5.74, 6) is 0.911. The van der Waals surface area contributed by atoms with Gasteiger partial charge in [-0.2, -0.15) is 0 Å². The smallest absolute Gasteiger partial charge is 0.0564 e. The van der Waals surface area contributed by atoms with Gasteiger partial charge in [-0.15, -0.1) is 0 Å². The Hall–Kier alpha value is -0.0800. The quantitative estimate of drug-likeness (QED) is 0.760. The first-order chi connectivity index (χ1) is 7.97. The van der Waals surface area contributed by atoms with Crippen LogP contribution in [0.1, 0.15) is 59.3 Å². The molecule has 2 nitrogen and oxygen atoms in total. The second-order valence-corrected chi connectivity index (χ2v) is 7.14. The molecule has 0 unspecified atom stereocenters. The minimum atomic E-state index is -0.0304. The van der Waals surface area contributed by atoms with E-state index >= 15 is 0 Å². The van der Waals surface area contributed by atoms with Crippen LogP contribution >= 0.6 is 0 Å². The Morgan fingerprint density at radius 3 is 1.88 bits per heavy atom. The summed E-state index contributed by atoms with van der Waals surface area (Å²) in [5.41, 5.74) is 0.489. The highest BCUT2D eigenvalue weighted by atomic mass is 16.3. The van der Waals surface area contributed by atoms with Gasteiger partial charge in [0.05, 0.1) is 6.10 Å². The number of aliphatic hydroxyl groups excluding tert-OH is 1. The first-order valence-corrected chi connectivity index (χ1v) is 7.39. The second kappa shape index (κ2) is 5.27. The van der Waals surface area contributed by atoms with Crippen molar-refractivity contribution in [1.82, 2.24) is 4.90 Å². The molecular formula is C15H29NO. The van der Waals surface area contributed by atoms with E-state index in [0.717, 1.165) is 37.9 Å². The number of hydrogen-bond donors (Lipinski definition) is 1. The van der Waals surface area contributed by atoms with Crippen LogP contribution in [0.4, 0.5) is 0 Å². The molecule has 2 fully saturated rings. The normalized spacial score (nSPS) is 33.9.